The van der Waals surface area contributed by atoms with Gasteiger partial charge in [-0.25, -0.2) is 19.9 Å². The summed E-state index contributed by atoms with van der Waals surface area (Å²) in [7, 11) is 0. The number of ether oxygens (including phenoxy) is 2. The first-order valence-corrected chi connectivity index (χ1v) is 21.4. The zero-order chi connectivity index (χ0) is 38.4. The van der Waals surface area contributed by atoms with E-state index in [0.29, 0.717) is 30.4 Å². The number of aromatic nitrogens is 4. The van der Waals surface area contributed by atoms with Gasteiger partial charge in [-0.15, -0.1) is 22.7 Å². The molecule has 14 heteroatoms. The molecule has 56 heavy (non-hydrogen) atoms. The Kier molecular flexibility index (Phi) is 11.4. The standard InChI is InChI=1S/C42H34N6O4S4/c1-3-51-29-15-18-33-35(21-29)55-41(46-33)53-23-37(49)43-27-12-10-26(11-13-27)40-45-32-17-14-28(20-31(32)39(48-40)25-8-6-5-7-9-25)44-38(50)24-54-42-47-34-19-16-30(52-4-2)22-36(34)56-42/h5-22H,3-4,23-24H2,1-2H3,(H,43,49)(H,44,50). The van der Waals surface area contributed by atoms with Crippen molar-refractivity contribution in [1.82, 2.24) is 19.9 Å². The maximum Gasteiger partial charge on any atom is 0.234 e. The third-order valence-corrected chi connectivity index (χ3v) is 12.7. The number of hydrogen-bond donors (Lipinski definition) is 2. The fraction of sp³-hybridized carbons (Fsp3) is 0.143. The van der Waals surface area contributed by atoms with E-state index in [1.165, 1.54) is 23.5 Å². The Morgan fingerprint density at radius 3 is 1.73 bits per heavy atom. The Morgan fingerprint density at radius 1 is 0.589 bits per heavy atom. The van der Waals surface area contributed by atoms with Crippen molar-refractivity contribution < 1.29 is 19.1 Å². The lowest BCUT2D eigenvalue weighted by molar-refractivity contribution is -0.114. The van der Waals surface area contributed by atoms with Crippen LogP contribution in [0, 0.1) is 0 Å². The van der Waals surface area contributed by atoms with Crippen molar-refractivity contribution in [3.8, 4) is 34.1 Å². The number of anilines is 2. The summed E-state index contributed by atoms with van der Waals surface area (Å²) in [6.07, 6.45) is 0. The predicted molar refractivity (Wildman–Crippen MR) is 231 cm³/mol. The number of benzene rings is 5. The molecule has 10 nitrogen and oxygen atoms in total. The number of rotatable bonds is 14. The molecule has 0 radical (unpaired) electrons. The monoisotopic (exact) mass is 814 g/mol. The van der Waals surface area contributed by atoms with E-state index in [4.69, 9.17) is 19.4 Å². The van der Waals surface area contributed by atoms with E-state index in [9.17, 15) is 9.59 Å². The van der Waals surface area contributed by atoms with Crippen LogP contribution in [0.2, 0.25) is 0 Å². The number of carbonyl (C=O) groups excluding carboxylic acids is 2. The van der Waals surface area contributed by atoms with Gasteiger partial charge < -0.3 is 20.1 Å². The normalized spacial score (nSPS) is 11.2. The molecule has 0 aliphatic rings. The number of thiazole rings is 2. The molecule has 280 valence electrons. The van der Waals surface area contributed by atoms with Gasteiger partial charge in [0.1, 0.15) is 11.5 Å². The minimum absolute atomic E-state index is 0.125. The van der Waals surface area contributed by atoms with Gasteiger partial charge in [0, 0.05) is 27.9 Å². The molecule has 3 aromatic heterocycles. The molecular formula is C42H34N6O4S4. The van der Waals surface area contributed by atoms with Crippen LogP contribution >= 0.6 is 46.2 Å². The molecule has 0 atom stereocenters. The number of hydrogen-bond acceptors (Lipinski definition) is 12. The number of amides is 2. The molecule has 5 aromatic carbocycles. The van der Waals surface area contributed by atoms with Gasteiger partial charge in [0.2, 0.25) is 11.8 Å². The van der Waals surface area contributed by atoms with E-state index >= 15 is 0 Å². The fourth-order valence-electron chi connectivity index (χ4n) is 5.91. The van der Waals surface area contributed by atoms with Crippen molar-refractivity contribution in [1.29, 1.82) is 0 Å². The van der Waals surface area contributed by atoms with Crippen LogP contribution in [0.5, 0.6) is 11.5 Å². The molecule has 0 aliphatic heterocycles. The number of thioether (sulfide) groups is 2. The van der Waals surface area contributed by atoms with Gasteiger partial charge in [-0.05, 0) is 92.7 Å². The SMILES string of the molecule is CCOc1ccc2nc(SCC(=O)Nc3ccc(-c4nc(-c5ccccc5)c5cc(NC(=O)CSc6nc7ccc(OCC)cc7s6)ccc5n4)cc3)sc2c1. The zero-order valence-corrected chi connectivity index (χ0v) is 33.5. The summed E-state index contributed by atoms with van der Waals surface area (Å²) in [4.78, 5) is 45.2. The second kappa shape index (κ2) is 17.1. The maximum atomic E-state index is 13.1. The summed E-state index contributed by atoms with van der Waals surface area (Å²) in [5.41, 5.74) is 6.31. The molecule has 3 heterocycles. The smallest absolute Gasteiger partial charge is 0.234 e. The molecule has 2 N–H and O–H groups in total. The number of nitrogens with zero attached hydrogens (tertiary/aromatic N) is 4. The van der Waals surface area contributed by atoms with E-state index < -0.39 is 0 Å². The average Bonchev–Trinajstić information content (AvgIpc) is 3.83. The Hall–Kier alpha value is -5.54. The highest BCUT2D eigenvalue weighted by Gasteiger charge is 2.15. The summed E-state index contributed by atoms with van der Waals surface area (Å²) >= 11 is 5.90. The van der Waals surface area contributed by atoms with Gasteiger partial charge >= 0.3 is 0 Å². The number of fused-ring (bicyclic) bond motifs is 3. The third kappa shape index (κ3) is 8.79. The summed E-state index contributed by atoms with van der Waals surface area (Å²) in [5.74, 6) is 2.35. The quantitative estimate of drug-likeness (QED) is 0.102. The van der Waals surface area contributed by atoms with Crippen LogP contribution in [0.4, 0.5) is 11.4 Å². The summed E-state index contributed by atoms with van der Waals surface area (Å²) in [5, 5.41) is 6.83. The van der Waals surface area contributed by atoms with Crippen molar-refractivity contribution >= 4 is 101 Å². The van der Waals surface area contributed by atoms with Gasteiger partial charge in [0.15, 0.2) is 14.5 Å². The number of nitrogens with one attached hydrogen (secondary N) is 2. The van der Waals surface area contributed by atoms with E-state index in [0.717, 1.165) is 68.3 Å². The van der Waals surface area contributed by atoms with Crippen LogP contribution in [0.25, 0.3) is 54.0 Å². The van der Waals surface area contributed by atoms with E-state index in [1.54, 1.807) is 22.7 Å². The first-order valence-electron chi connectivity index (χ1n) is 17.8. The topological polar surface area (TPSA) is 128 Å². The lowest BCUT2D eigenvalue weighted by atomic mass is 10.0. The summed E-state index contributed by atoms with van der Waals surface area (Å²) in [6.45, 7) is 5.11. The van der Waals surface area contributed by atoms with Crippen molar-refractivity contribution in [2.45, 2.75) is 22.5 Å². The van der Waals surface area contributed by atoms with Crippen molar-refractivity contribution in [3.63, 3.8) is 0 Å². The predicted octanol–water partition coefficient (Wildman–Crippen LogP) is 10.4. The van der Waals surface area contributed by atoms with Gasteiger partial charge in [0.25, 0.3) is 0 Å². The van der Waals surface area contributed by atoms with Crippen LogP contribution in [-0.4, -0.2) is 56.5 Å². The van der Waals surface area contributed by atoms with Gasteiger partial charge in [-0.3, -0.25) is 9.59 Å². The van der Waals surface area contributed by atoms with Gasteiger partial charge in [0.05, 0.1) is 56.4 Å². The van der Waals surface area contributed by atoms with Crippen LogP contribution in [-0.2, 0) is 9.59 Å². The van der Waals surface area contributed by atoms with E-state index in [1.807, 2.05) is 123 Å². The van der Waals surface area contributed by atoms with Crippen LogP contribution < -0.4 is 20.1 Å². The van der Waals surface area contributed by atoms with E-state index in [-0.39, 0.29) is 23.3 Å². The molecule has 8 aromatic rings. The number of carbonyl (C=O) groups is 2. The molecular weight excluding hydrogens is 781 g/mol. The van der Waals surface area contributed by atoms with Gasteiger partial charge in [-0.2, -0.15) is 0 Å². The van der Waals surface area contributed by atoms with Crippen molar-refractivity contribution in [2.75, 3.05) is 35.4 Å². The van der Waals surface area contributed by atoms with Crippen molar-refractivity contribution in [3.05, 3.63) is 109 Å². The van der Waals surface area contributed by atoms with Gasteiger partial charge in [-0.1, -0.05) is 53.9 Å². The molecule has 0 saturated carbocycles. The molecule has 0 spiro atoms. The highest BCUT2D eigenvalue weighted by Crippen LogP contribution is 2.35. The Morgan fingerprint density at radius 2 is 1.14 bits per heavy atom. The Bertz CT molecular complexity index is 2680. The van der Waals surface area contributed by atoms with Crippen LogP contribution in [0.3, 0.4) is 0 Å². The molecule has 0 fully saturated rings. The fourth-order valence-corrected chi connectivity index (χ4v) is 9.70. The first kappa shape index (κ1) is 37.4. The minimum Gasteiger partial charge on any atom is -0.494 e. The molecule has 0 saturated heterocycles. The van der Waals surface area contributed by atoms with Crippen LogP contribution in [0.15, 0.2) is 118 Å². The average molecular weight is 815 g/mol. The van der Waals surface area contributed by atoms with E-state index in [2.05, 4.69) is 20.6 Å². The molecule has 0 unspecified atom stereocenters. The minimum atomic E-state index is -0.138. The Labute approximate surface area is 339 Å². The van der Waals surface area contributed by atoms with Crippen molar-refractivity contribution in [2.24, 2.45) is 0 Å². The maximum absolute atomic E-state index is 13.1. The lowest BCUT2D eigenvalue weighted by Crippen LogP contribution is -2.14. The Balaban J connectivity index is 0.941. The zero-order valence-electron chi connectivity index (χ0n) is 30.3. The summed E-state index contributed by atoms with van der Waals surface area (Å²) in [6, 6.07) is 34.7. The summed E-state index contributed by atoms with van der Waals surface area (Å²) < 4.78 is 14.9. The largest absolute Gasteiger partial charge is 0.494 e. The highest BCUT2D eigenvalue weighted by atomic mass is 32.2. The molecule has 0 aliphatic carbocycles. The third-order valence-electron chi connectivity index (χ3n) is 8.41. The second-order valence-electron chi connectivity index (χ2n) is 12.3. The lowest BCUT2D eigenvalue weighted by Gasteiger charge is -2.12. The molecule has 8 rings (SSSR count). The molecule has 0 bridgehead atoms. The highest BCUT2D eigenvalue weighted by molar-refractivity contribution is 8.02. The molecule has 2 amide bonds. The van der Waals surface area contributed by atoms with Crippen LogP contribution in [0.1, 0.15) is 13.8 Å². The first-order chi connectivity index (χ1) is 27.4. The second-order valence-corrected chi connectivity index (χ2v) is 16.8.